The molecule has 3 unspecified atom stereocenters. The molecule has 5 nitrogen and oxygen atoms in total. The molecule has 4 rings (SSSR count). The molecule has 3 aliphatic carbocycles. The summed E-state index contributed by atoms with van der Waals surface area (Å²) in [5.74, 6) is 2.31. The lowest BCUT2D eigenvalue weighted by Gasteiger charge is -2.49. The fourth-order valence-electron chi connectivity index (χ4n) is 5.78. The Kier molecular flexibility index (Phi) is 3.62. The van der Waals surface area contributed by atoms with Crippen molar-refractivity contribution in [2.24, 2.45) is 27.6 Å². The number of methoxy groups -OCH3 is 1. The van der Waals surface area contributed by atoms with Crippen molar-refractivity contribution in [1.82, 2.24) is 0 Å². The number of nitroso groups, excluding NO2 is 1. The van der Waals surface area contributed by atoms with E-state index in [-0.39, 0.29) is 5.41 Å². The van der Waals surface area contributed by atoms with Crippen LogP contribution in [0.3, 0.4) is 0 Å². The lowest BCUT2D eigenvalue weighted by atomic mass is 9.55. The molecular formula is C19H24N2O3. The largest absolute Gasteiger partial charge is 0.494 e. The second-order valence-electron chi connectivity index (χ2n) is 7.77. The molecule has 5 heteroatoms. The molecule has 1 N–H and O–H groups in total. The predicted molar refractivity (Wildman–Crippen MR) is 92.3 cm³/mol. The summed E-state index contributed by atoms with van der Waals surface area (Å²) >= 11 is 0. The third kappa shape index (κ3) is 2.03. The van der Waals surface area contributed by atoms with Crippen LogP contribution in [-0.2, 0) is 6.42 Å². The molecule has 1 aromatic rings. The summed E-state index contributed by atoms with van der Waals surface area (Å²) in [6.45, 7) is 2.28. The number of nitrogens with zero attached hydrogens (tertiary/aromatic N) is 2. The van der Waals surface area contributed by atoms with Crippen molar-refractivity contribution in [1.29, 1.82) is 0 Å². The fraction of sp³-hybridized carbons (Fsp3) is 0.632. The van der Waals surface area contributed by atoms with Crippen molar-refractivity contribution in [2.75, 3.05) is 7.11 Å². The van der Waals surface area contributed by atoms with Crippen LogP contribution in [0.15, 0.2) is 22.5 Å². The molecule has 0 amide bonds. The van der Waals surface area contributed by atoms with Crippen LogP contribution in [0.25, 0.3) is 0 Å². The number of benzene rings is 1. The summed E-state index contributed by atoms with van der Waals surface area (Å²) in [6.07, 6.45) is 6.33. The Morgan fingerprint density at radius 3 is 2.79 bits per heavy atom. The molecule has 0 heterocycles. The minimum atomic E-state index is 0.0573. The van der Waals surface area contributed by atoms with Crippen LogP contribution in [0.4, 0.5) is 5.69 Å². The maximum Gasteiger partial charge on any atom is 0.150 e. The molecule has 2 fully saturated rings. The standard InChI is InChI=1S/C19H24N2O3/c1-19-8-7-12-13(15(19)5-6-18(19)21-23)4-3-11-9-16(20-22)17(24-2)10-14(11)12/h9-10,12-13,15,23H,3-8H2,1-2H3/b21-18+/t12?,13?,15?,19-/m0/s1. The highest BCUT2D eigenvalue weighted by atomic mass is 16.5. The van der Waals surface area contributed by atoms with Gasteiger partial charge < -0.3 is 9.94 Å². The van der Waals surface area contributed by atoms with E-state index in [1.54, 1.807) is 7.11 Å². The minimum absolute atomic E-state index is 0.0573. The van der Waals surface area contributed by atoms with Gasteiger partial charge in [-0.2, -0.15) is 0 Å². The van der Waals surface area contributed by atoms with Gasteiger partial charge in [-0.1, -0.05) is 12.1 Å². The number of hydrogen-bond acceptors (Lipinski definition) is 5. The van der Waals surface area contributed by atoms with Crippen LogP contribution >= 0.6 is 0 Å². The Morgan fingerprint density at radius 2 is 2.08 bits per heavy atom. The van der Waals surface area contributed by atoms with Crippen LogP contribution in [0.1, 0.15) is 56.1 Å². The smallest absolute Gasteiger partial charge is 0.150 e. The van der Waals surface area contributed by atoms with Crippen molar-refractivity contribution in [3.63, 3.8) is 0 Å². The molecule has 1 aromatic carbocycles. The van der Waals surface area contributed by atoms with Gasteiger partial charge in [0.05, 0.1) is 12.8 Å². The third-order valence-electron chi connectivity index (χ3n) is 6.98. The summed E-state index contributed by atoms with van der Waals surface area (Å²) in [7, 11) is 1.59. The second kappa shape index (κ2) is 5.57. The van der Waals surface area contributed by atoms with Gasteiger partial charge in [0.2, 0.25) is 0 Å². The zero-order valence-corrected chi connectivity index (χ0v) is 14.3. The van der Waals surface area contributed by atoms with E-state index < -0.39 is 0 Å². The van der Waals surface area contributed by atoms with E-state index in [0.717, 1.165) is 44.2 Å². The zero-order chi connectivity index (χ0) is 16.9. The highest BCUT2D eigenvalue weighted by Crippen LogP contribution is 2.60. The van der Waals surface area contributed by atoms with Gasteiger partial charge in [0.25, 0.3) is 0 Å². The average molecular weight is 328 g/mol. The van der Waals surface area contributed by atoms with E-state index in [0.29, 0.717) is 29.2 Å². The minimum Gasteiger partial charge on any atom is -0.494 e. The predicted octanol–water partition coefficient (Wildman–Crippen LogP) is 4.78. The first-order valence-corrected chi connectivity index (χ1v) is 8.88. The van der Waals surface area contributed by atoms with Gasteiger partial charge in [-0.3, -0.25) is 0 Å². The molecule has 0 aliphatic heterocycles. The van der Waals surface area contributed by atoms with Gasteiger partial charge >= 0.3 is 0 Å². The van der Waals surface area contributed by atoms with Gasteiger partial charge in [-0.15, -0.1) is 4.91 Å². The fourth-order valence-corrected chi connectivity index (χ4v) is 5.78. The summed E-state index contributed by atoms with van der Waals surface area (Å²) in [6, 6.07) is 3.96. The molecule has 24 heavy (non-hydrogen) atoms. The van der Waals surface area contributed by atoms with Gasteiger partial charge in [0.1, 0.15) is 11.4 Å². The number of oxime groups is 1. The van der Waals surface area contributed by atoms with Crippen molar-refractivity contribution < 1.29 is 9.94 Å². The molecule has 4 atom stereocenters. The zero-order valence-electron chi connectivity index (χ0n) is 14.3. The number of hydrogen-bond donors (Lipinski definition) is 1. The maximum atomic E-state index is 11.0. The number of aryl methyl sites for hydroxylation is 1. The molecule has 0 bridgehead atoms. The van der Waals surface area contributed by atoms with Gasteiger partial charge in [0.15, 0.2) is 0 Å². The van der Waals surface area contributed by atoms with Crippen LogP contribution in [0.5, 0.6) is 5.75 Å². The summed E-state index contributed by atoms with van der Waals surface area (Å²) in [5, 5.41) is 16.1. The lowest BCUT2D eigenvalue weighted by molar-refractivity contribution is 0.0938. The first-order chi connectivity index (χ1) is 11.6. The van der Waals surface area contributed by atoms with Crippen LogP contribution in [-0.4, -0.2) is 18.0 Å². The summed E-state index contributed by atoms with van der Waals surface area (Å²) in [4.78, 5) is 11.0. The normalized spacial score (nSPS) is 35.9. The lowest BCUT2D eigenvalue weighted by Crippen LogP contribution is -2.42. The molecule has 128 valence electrons. The van der Waals surface area contributed by atoms with Crippen LogP contribution < -0.4 is 4.74 Å². The third-order valence-corrected chi connectivity index (χ3v) is 6.98. The van der Waals surface area contributed by atoms with Gasteiger partial charge in [-0.05, 0) is 84.7 Å². The number of ether oxygens (including phenoxy) is 1. The van der Waals surface area contributed by atoms with Crippen molar-refractivity contribution in [2.45, 2.75) is 51.4 Å². The number of fused-ring (bicyclic) bond motifs is 5. The molecule has 0 aromatic heterocycles. The van der Waals surface area contributed by atoms with Crippen LogP contribution in [0.2, 0.25) is 0 Å². The molecule has 3 aliphatic rings. The Balaban J connectivity index is 1.73. The van der Waals surface area contributed by atoms with Crippen molar-refractivity contribution >= 4 is 11.4 Å². The molecule has 0 spiro atoms. The Hall–Kier alpha value is -1.91. The summed E-state index contributed by atoms with van der Waals surface area (Å²) < 4.78 is 5.38. The van der Waals surface area contributed by atoms with E-state index >= 15 is 0 Å². The topological polar surface area (TPSA) is 71.2 Å². The van der Waals surface area contributed by atoms with E-state index in [1.165, 1.54) is 11.1 Å². The van der Waals surface area contributed by atoms with Gasteiger partial charge in [0, 0.05) is 5.41 Å². The van der Waals surface area contributed by atoms with Crippen LogP contribution in [0, 0.1) is 22.2 Å². The second-order valence-corrected chi connectivity index (χ2v) is 7.77. The first kappa shape index (κ1) is 15.6. The van der Waals surface area contributed by atoms with Gasteiger partial charge in [-0.25, -0.2) is 0 Å². The monoisotopic (exact) mass is 328 g/mol. The summed E-state index contributed by atoms with van der Waals surface area (Å²) in [5.41, 5.74) is 4.05. The Bertz CT molecular complexity index is 715. The highest BCUT2D eigenvalue weighted by Gasteiger charge is 2.53. The van der Waals surface area contributed by atoms with Crippen molar-refractivity contribution in [3.05, 3.63) is 28.2 Å². The Labute approximate surface area is 142 Å². The quantitative estimate of drug-likeness (QED) is 0.482. The van der Waals surface area contributed by atoms with E-state index in [1.807, 2.05) is 12.1 Å². The van der Waals surface area contributed by atoms with E-state index in [9.17, 15) is 10.1 Å². The van der Waals surface area contributed by atoms with E-state index in [4.69, 9.17) is 4.74 Å². The molecule has 0 radical (unpaired) electrons. The van der Waals surface area contributed by atoms with Crippen molar-refractivity contribution in [3.8, 4) is 5.75 Å². The molecule has 0 saturated heterocycles. The Morgan fingerprint density at radius 1 is 1.25 bits per heavy atom. The highest BCUT2D eigenvalue weighted by molar-refractivity contribution is 5.92. The molecular weight excluding hydrogens is 304 g/mol. The van der Waals surface area contributed by atoms with E-state index in [2.05, 4.69) is 17.3 Å². The first-order valence-electron chi connectivity index (χ1n) is 8.88. The molecule has 2 saturated carbocycles. The number of rotatable bonds is 2. The SMILES string of the molecule is COc1cc2c(cc1N=O)CCC1C2CC[C@]2(C)/C(=N/O)CCC12. The maximum absolute atomic E-state index is 11.0. The average Bonchev–Trinajstić information content (AvgIpc) is 2.96.